The van der Waals surface area contributed by atoms with Crippen molar-refractivity contribution in [2.75, 3.05) is 19.0 Å². The molecular weight excluding hydrogens is 208 g/mol. The maximum Gasteiger partial charge on any atom is 0.0361 e. The van der Waals surface area contributed by atoms with Gasteiger partial charge in [-0.1, -0.05) is 24.3 Å². The molecule has 92 valence electrons. The molecular formula is C15H22N2. The second-order valence-corrected chi connectivity index (χ2v) is 5.01. The molecule has 0 aromatic heterocycles. The highest BCUT2D eigenvalue weighted by Gasteiger charge is 2.14. The van der Waals surface area contributed by atoms with Crippen molar-refractivity contribution in [3.8, 4) is 0 Å². The van der Waals surface area contributed by atoms with Crippen LogP contribution in [0.25, 0.3) is 0 Å². The van der Waals surface area contributed by atoms with E-state index >= 15 is 0 Å². The number of rotatable bonds is 4. The normalized spacial score (nSPS) is 17.4. The maximum absolute atomic E-state index is 3.67. The quantitative estimate of drug-likeness (QED) is 0.799. The number of nitrogens with one attached hydrogen (secondary N) is 1. The van der Waals surface area contributed by atoms with E-state index in [1.165, 1.54) is 24.1 Å². The summed E-state index contributed by atoms with van der Waals surface area (Å²) in [5.41, 5.74) is 2.62. The van der Waals surface area contributed by atoms with Gasteiger partial charge < -0.3 is 10.2 Å². The summed E-state index contributed by atoms with van der Waals surface area (Å²) in [5.74, 6) is 0. The van der Waals surface area contributed by atoms with Crippen LogP contribution in [0.2, 0.25) is 0 Å². The van der Waals surface area contributed by atoms with E-state index in [0.29, 0.717) is 12.1 Å². The van der Waals surface area contributed by atoms with Gasteiger partial charge in [-0.25, -0.2) is 0 Å². The summed E-state index contributed by atoms with van der Waals surface area (Å²) in [6.45, 7) is 2.24. The first-order valence-electron chi connectivity index (χ1n) is 6.35. The zero-order valence-electron chi connectivity index (χ0n) is 11.0. The van der Waals surface area contributed by atoms with E-state index in [2.05, 4.69) is 67.7 Å². The number of hydrogen-bond acceptors (Lipinski definition) is 2. The van der Waals surface area contributed by atoms with Crippen LogP contribution >= 0.6 is 0 Å². The molecule has 1 N–H and O–H groups in total. The van der Waals surface area contributed by atoms with Gasteiger partial charge in [-0.05, 0) is 37.5 Å². The summed E-state index contributed by atoms with van der Waals surface area (Å²) < 4.78 is 0. The third kappa shape index (κ3) is 3.10. The van der Waals surface area contributed by atoms with E-state index in [4.69, 9.17) is 0 Å². The fourth-order valence-electron chi connectivity index (χ4n) is 2.26. The van der Waals surface area contributed by atoms with Crippen molar-refractivity contribution in [3.63, 3.8) is 0 Å². The number of hydrogen-bond donors (Lipinski definition) is 1. The molecule has 0 saturated carbocycles. The molecule has 1 aromatic carbocycles. The highest BCUT2D eigenvalue weighted by molar-refractivity contribution is 5.46. The lowest BCUT2D eigenvalue weighted by Crippen LogP contribution is -2.29. The van der Waals surface area contributed by atoms with Crippen LogP contribution in [0.1, 0.15) is 31.4 Å². The van der Waals surface area contributed by atoms with E-state index in [1.54, 1.807) is 0 Å². The second kappa shape index (κ2) is 5.37. The first-order chi connectivity index (χ1) is 8.16. The maximum atomic E-state index is 3.67. The molecule has 0 fully saturated rings. The average Bonchev–Trinajstić information content (AvgIpc) is 2.82. The van der Waals surface area contributed by atoms with Crippen LogP contribution in [0, 0.1) is 0 Å². The standard InChI is InChI=1S/C15H22N2/c1-12(16-14-6-4-5-7-14)13-8-10-15(11-9-13)17(2)3/h4-5,8-12,14,16H,6-7H2,1-3H3. The molecule has 0 bridgehead atoms. The van der Waals surface area contributed by atoms with Gasteiger partial charge in [0.2, 0.25) is 0 Å². The van der Waals surface area contributed by atoms with Crippen molar-refractivity contribution < 1.29 is 0 Å². The summed E-state index contributed by atoms with van der Waals surface area (Å²) >= 11 is 0. The largest absolute Gasteiger partial charge is 0.378 e. The zero-order valence-corrected chi connectivity index (χ0v) is 11.0. The zero-order chi connectivity index (χ0) is 12.3. The van der Waals surface area contributed by atoms with E-state index in [1.807, 2.05) is 0 Å². The molecule has 0 spiro atoms. The molecule has 1 aromatic rings. The van der Waals surface area contributed by atoms with Gasteiger partial charge in [0.25, 0.3) is 0 Å². The van der Waals surface area contributed by atoms with Crippen LogP contribution in [0.15, 0.2) is 36.4 Å². The molecule has 0 saturated heterocycles. The van der Waals surface area contributed by atoms with Crippen molar-refractivity contribution in [1.82, 2.24) is 5.32 Å². The Morgan fingerprint density at radius 1 is 1.12 bits per heavy atom. The molecule has 2 rings (SSSR count). The number of benzene rings is 1. The lowest BCUT2D eigenvalue weighted by molar-refractivity contribution is 0.471. The van der Waals surface area contributed by atoms with Crippen LogP contribution < -0.4 is 10.2 Å². The Labute approximate surface area is 104 Å². The van der Waals surface area contributed by atoms with E-state index in [0.717, 1.165) is 0 Å². The number of anilines is 1. The van der Waals surface area contributed by atoms with Crippen LogP contribution in [-0.2, 0) is 0 Å². The summed E-state index contributed by atoms with van der Waals surface area (Å²) in [5, 5.41) is 3.67. The molecule has 0 aliphatic heterocycles. The third-order valence-corrected chi connectivity index (χ3v) is 3.40. The Hall–Kier alpha value is -1.28. The summed E-state index contributed by atoms with van der Waals surface area (Å²) in [6, 6.07) is 9.85. The summed E-state index contributed by atoms with van der Waals surface area (Å²) in [6.07, 6.45) is 6.86. The van der Waals surface area contributed by atoms with Gasteiger partial charge in [-0.15, -0.1) is 0 Å². The van der Waals surface area contributed by atoms with E-state index in [-0.39, 0.29) is 0 Å². The fraction of sp³-hybridized carbons (Fsp3) is 0.467. The smallest absolute Gasteiger partial charge is 0.0361 e. The molecule has 0 radical (unpaired) electrons. The fourth-order valence-corrected chi connectivity index (χ4v) is 2.26. The average molecular weight is 230 g/mol. The van der Waals surface area contributed by atoms with Gasteiger partial charge in [0.1, 0.15) is 0 Å². The second-order valence-electron chi connectivity index (χ2n) is 5.01. The van der Waals surface area contributed by atoms with Crippen LogP contribution in [-0.4, -0.2) is 20.1 Å². The number of nitrogens with zero attached hydrogens (tertiary/aromatic N) is 1. The van der Waals surface area contributed by atoms with Gasteiger partial charge in [0.05, 0.1) is 0 Å². The molecule has 0 amide bonds. The van der Waals surface area contributed by atoms with Crippen LogP contribution in [0.4, 0.5) is 5.69 Å². The Morgan fingerprint density at radius 3 is 2.24 bits per heavy atom. The van der Waals surface area contributed by atoms with Gasteiger partial charge in [-0.3, -0.25) is 0 Å². The highest BCUT2D eigenvalue weighted by Crippen LogP contribution is 2.20. The van der Waals surface area contributed by atoms with Crippen molar-refractivity contribution in [2.24, 2.45) is 0 Å². The molecule has 2 heteroatoms. The minimum absolute atomic E-state index is 0.427. The van der Waals surface area contributed by atoms with Crippen LogP contribution in [0.5, 0.6) is 0 Å². The minimum atomic E-state index is 0.427. The van der Waals surface area contributed by atoms with Gasteiger partial charge in [0.15, 0.2) is 0 Å². The predicted octanol–water partition coefficient (Wildman–Crippen LogP) is 3.12. The highest BCUT2D eigenvalue weighted by atomic mass is 15.1. The Kier molecular flexibility index (Phi) is 3.85. The van der Waals surface area contributed by atoms with Gasteiger partial charge in [-0.2, -0.15) is 0 Å². The molecule has 17 heavy (non-hydrogen) atoms. The van der Waals surface area contributed by atoms with Gasteiger partial charge >= 0.3 is 0 Å². The Balaban J connectivity index is 1.96. The van der Waals surface area contributed by atoms with Crippen LogP contribution in [0.3, 0.4) is 0 Å². The Bertz CT molecular complexity index is 370. The molecule has 1 unspecified atom stereocenters. The van der Waals surface area contributed by atoms with Crippen molar-refractivity contribution in [2.45, 2.75) is 31.8 Å². The summed E-state index contributed by atoms with van der Waals surface area (Å²) in [4.78, 5) is 2.13. The third-order valence-electron chi connectivity index (χ3n) is 3.40. The van der Waals surface area contributed by atoms with Crippen molar-refractivity contribution >= 4 is 5.69 Å². The SMILES string of the molecule is CC(NC1CC=CC1)c1ccc(N(C)C)cc1. The van der Waals surface area contributed by atoms with E-state index in [9.17, 15) is 0 Å². The molecule has 1 aliphatic carbocycles. The topological polar surface area (TPSA) is 15.3 Å². The minimum Gasteiger partial charge on any atom is -0.378 e. The van der Waals surface area contributed by atoms with Crippen molar-refractivity contribution in [1.29, 1.82) is 0 Å². The summed E-state index contributed by atoms with van der Waals surface area (Å²) in [7, 11) is 4.14. The molecule has 2 nitrogen and oxygen atoms in total. The first-order valence-corrected chi connectivity index (χ1v) is 6.35. The molecule has 1 atom stereocenters. The van der Waals surface area contributed by atoms with Gasteiger partial charge in [0, 0.05) is 31.9 Å². The Morgan fingerprint density at radius 2 is 1.71 bits per heavy atom. The molecule has 1 aliphatic rings. The lowest BCUT2D eigenvalue weighted by Gasteiger charge is -2.20. The first kappa shape index (κ1) is 12.2. The monoisotopic (exact) mass is 230 g/mol. The lowest BCUT2D eigenvalue weighted by atomic mass is 10.1. The van der Waals surface area contributed by atoms with E-state index < -0.39 is 0 Å². The predicted molar refractivity (Wildman–Crippen MR) is 74.5 cm³/mol. The van der Waals surface area contributed by atoms with Crippen molar-refractivity contribution in [3.05, 3.63) is 42.0 Å². The molecule has 0 heterocycles.